The molecule has 1 aromatic rings. The predicted molar refractivity (Wildman–Crippen MR) is 62.5 cm³/mol. The van der Waals surface area contributed by atoms with Crippen molar-refractivity contribution in [3.05, 3.63) is 23.8 Å². The van der Waals surface area contributed by atoms with Crippen LogP contribution in [0.4, 0.5) is 18.9 Å². The van der Waals surface area contributed by atoms with Crippen molar-refractivity contribution in [3.63, 3.8) is 0 Å². The van der Waals surface area contributed by atoms with Crippen molar-refractivity contribution in [2.75, 3.05) is 6.26 Å². The Hall–Kier alpha value is -1.88. The van der Waals surface area contributed by atoms with Gasteiger partial charge in [0.1, 0.15) is 5.75 Å². The number of hydrogen-bond acceptors (Lipinski definition) is 4. The lowest BCUT2D eigenvalue weighted by Gasteiger charge is -2.09. The monoisotopic (exact) mass is 275 g/mol. The summed E-state index contributed by atoms with van der Waals surface area (Å²) in [6.07, 6.45) is -1.32. The van der Waals surface area contributed by atoms with E-state index in [-0.39, 0.29) is 10.9 Å². The van der Waals surface area contributed by atoms with Gasteiger partial charge in [-0.1, -0.05) is 11.8 Å². The summed E-state index contributed by atoms with van der Waals surface area (Å²) in [6.45, 7) is 0. The molecule has 1 rings (SSSR count). The van der Waals surface area contributed by atoms with Crippen LogP contribution in [0.1, 0.15) is 5.56 Å². The molecule has 0 saturated carbocycles. The van der Waals surface area contributed by atoms with Gasteiger partial charge in [0.05, 0.1) is 11.3 Å². The second kappa shape index (κ2) is 5.64. The molecule has 0 atom stereocenters. The van der Waals surface area contributed by atoms with E-state index in [0.717, 1.165) is 30.0 Å². The Morgan fingerprint density at radius 2 is 2.17 bits per heavy atom. The molecule has 8 heteroatoms. The van der Waals surface area contributed by atoms with Crippen LogP contribution < -0.4 is 5.32 Å². The fraction of sp³-hybridized carbons (Fsp3) is 0.200. The average Bonchev–Trinajstić information content (AvgIpc) is 2.26. The average molecular weight is 275 g/mol. The fourth-order valence-corrected chi connectivity index (χ4v) is 1.46. The number of benzene rings is 1. The van der Waals surface area contributed by atoms with Crippen LogP contribution in [0.5, 0.6) is 5.75 Å². The molecule has 0 saturated heterocycles. The van der Waals surface area contributed by atoms with Gasteiger partial charge in [-0.25, -0.2) is 4.99 Å². The Kier molecular flexibility index (Phi) is 4.44. The van der Waals surface area contributed by atoms with Crippen LogP contribution in [0.3, 0.4) is 0 Å². The third-order valence-electron chi connectivity index (χ3n) is 1.87. The maximum atomic E-state index is 12.4. The number of thioether (sulfide) groups is 1. The van der Waals surface area contributed by atoms with E-state index in [2.05, 4.69) is 10.3 Å². The van der Waals surface area contributed by atoms with Crippen molar-refractivity contribution in [2.45, 2.75) is 6.18 Å². The Morgan fingerprint density at radius 3 is 2.61 bits per heavy atom. The minimum Gasteiger partial charge on any atom is -0.507 e. The second-order valence-corrected chi connectivity index (χ2v) is 3.85. The zero-order valence-electron chi connectivity index (χ0n) is 9.12. The molecule has 0 unspecified atom stereocenters. The first-order valence-electron chi connectivity index (χ1n) is 4.56. The quantitative estimate of drug-likeness (QED) is 0.358. The summed E-state index contributed by atoms with van der Waals surface area (Å²) >= 11 is 1.12. The van der Waals surface area contributed by atoms with E-state index >= 15 is 0 Å². The molecule has 0 aliphatic heterocycles. The number of alkyl halides is 3. The molecule has 1 aromatic carbocycles. The summed E-state index contributed by atoms with van der Waals surface area (Å²) < 4.78 is 37.1. The van der Waals surface area contributed by atoms with Crippen LogP contribution in [0.25, 0.3) is 0 Å². The van der Waals surface area contributed by atoms with E-state index in [1.807, 2.05) is 0 Å². The second-order valence-electron chi connectivity index (χ2n) is 3.06. The van der Waals surface area contributed by atoms with Gasteiger partial charge in [-0.2, -0.15) is 18.4 Å². The molecule has 0 radical (unpaired) electrons. The number of nitriles is 1. The predicted octanol–water partition coefficient (Wildman–Crippen LogP) is 2.83. The van der Waals surface area contributed by atoms with Crippen LogP contribution >= 0.6 is 11.8 Å². The van der Waals surface area contributed by atoms with Gasteiger partial charge in [-0.15, -0.1) is 0 Å². The normalized spacial score (nSPS) is 12.1. The van der Waals surface area contributed by atoms with Gasteiger partial charge >= 0.3 is 6.18 Å². The highest BCUT2D eigenvalue weighted by Crippen LogP contribution is 2.37. The Balaban J connectivity index is 3.09. The van der Waals surface area contributed by atoms with Crippen LogP contribution in [-0.2, 0) is 6.18 Å². The maximum absolute atomic E-state index is 12.4. The minimum absolute atomic E-state index is 0.118. The Morgan fingerprint density at radius 1 is 1.50 bits per heavy atom. The van der Waals surface area contributed by atoms with Gasteiger partial charge in [-0.3, -0.25) is 5.32 Å². The summed E-state index contributed by atoms with van der Waals surface area (Å²) in [5.74, 6) is -0.902. The molecule has 4 nitrogen and oxygen atoms in total. The highest BCUT2D eigenvalue weighted by Gasteiger charge is 2.33. The molecule has 0 aliphatic carbocycles. The van der Waals surface area contributed by atoms with Crippen LogP contribution in [-0.4, -0.2) is 16.5 Å². The molecule has 96 valence electrons. The molecule has 0 amide bonds. The van der Waals surface area contributed by atoms with Gasteiger partial charge in [0.2, 0.25) is 0 Å². The van der Waals surface area contributed by atoms with Crippen LogP contribution in [0.2, 0.25) is 0 Å². The summed E-state index contributed by atoms with van der Waals surface area (Å²) in [4.78, 5) is 3.87. The zero-order valence-corrected chi connectivity index (χ0v) is 9.93. The van der Waals surface area contributed by atoms with Crippen molar-refractivity contribution in [1.82, 2.24) is 5.32 Å². The number of phenolic OH excluding ortho intramolecular Hbond substituents is 1. The first-order chi connectivity index (χ1) is 8.38. The number of nitrogens with zero attached hydrogens (tertiary/aromatic N) is 2. The summed E-state index contributed by atoms with van der Waals surface area (Å²) in [5.41, 5.74) is -1.01. The molecule has 0 aliphatic rings. The minimum atomic E-state index is -4.61. The van der Waals surface area contributed by atoms with Crippen molar-refractivity contribution < 1.29 is 18.3 Å². The van der Waals surface area contributed by atoms with Crippen molar-refractivity contribution in [3.8, 4) is 11.9 Å². The molecule has 0 fully saturated rings. The van der Waals surface area contributed by atoms with E-state index in [0.29, 0.717) is 0 Å². The van der Waals surface area contributed by atoms with Gasteiger partial charge in [0.25, 0.3) is 0 Å². The standard InChI is InChI=1S/C10H8F3N3OS/c1-18-9(15-5-14)16-6-2-3-7(8(17)4-6)10(11,12)13/h2-4,17H,1H3,(H,15,16). The molecule has 0 heterocycles. The third-order valence-corrected chi connectivity index (χ3v) is 2.45. The van der Waals surface area contributed by atoms with Gasteiger partial charge in [0.15, 0.2) is 11.4 Å². The number of nitrogens with one attached hydrogen (secondary N) is 1. The number of aromatic hydroxyl groups is 1. The maximum Gasteiger partial charge on any atom is 0.419 e. The summed E-state index contributed by atoms with van der Waals surface area (Å²) in [5, 5.41) is 20.1. The lowest BCUT2D eigenvalue weighted by molar-refractivity contribution is -0.138. The molecular formula is C10H8F3N3OS. The number of halogens is 3. The lowest BCUT2D eigenvalue weighted by atomic mass is 10.2. The van der Waals surface area contributed by atoms with E-state index in [9.17, 15) is 18.3 Å². The molecule has 2 N–H and O–H groups in total. The highest BCUT2D eigenvalue weighted by molar-refractivity contribution is 8.13. The zero-order chi connectivity index (χ0) is 13.8. The fourth-order valence-electron chi connectivity index (χ4n) is 1.12. The number of hydrogen-bond donors (Lipinski definition) is 2. The lowest BCUT2D eigenvalue weighted by Crippen LogP contribution is -2.12. The smallest absolute Gasteiger partial charge is 0.419 e. The number of rotatable bonds is 1. The van der Waals surface area contributed by atoms with Crippen LogP contribution in [0.15, 0.2) is 23.2 Å². The molecular weight excluding hydrogens is 267 g/mol. The largest absolute Gasteiger partial charge is 0.507 e. The third kappa shape index (κ3) is 3.56. The van der Waals surface area contributed by atoms with Gasteiger partial charge < -0.3 is 5.11 Å². The SMILES string of the molecule is CSC(=Nc1ccc(C(F)(F)F)c(O)c1)NC#N. The summed E-state index contributed by atoms with van der Waals surface area (Å²) in [6, 6.07) is 2.73. The van der Waals surface area contributed by atoms with E-state index in [1.165, 1.54) is 0 Å². The highest BCUT2D eigenvalue weighted by atomic mass is 32.2. The summed E-state index contributed by atoms with van der Waals surface area (Å²) in [7, 11) is 0. The van der Waals surface area contributed by atoms with Gasteiger partial charge in [-0.05, 0) is 18.4 Å². The van der Waals surface area contributed by atoms with Crippen LogP contribution in [0, 0.1) is 11.5 Å². The van der Waals surface area contributed by atoms with Crippen molar-refractivity contribution in [1.29, 1.82) is 5.26 Å². The van der Waals surface area contributed by atoms with Crippen molar-refractivity contribution in [2.24, 2.45) is 4.99 Å². The molecule has 0 aromatic heterocycles. The van der Waals surface area contributed by atoms with E-state index < -0.39 is 17.5 Å². The molecule has 0 bridgehead atoms. The Labute approximate surface area is 105 Å². The molecule has 18 heavy (non-hydrogen) atoms. The first kappa shape index (κ1) is 14.2. The molecule has 0 spiro atoms. The first-order valence-corrected chi connectivity index (χ1v) is 5.79. The van der Waals surface area contributed by atoms with Crippen molar-refractivity contribution >= 4 is 22.6 Å². The van der Waals surface area contributed by atoms with Gasteiger partial charge in [0, 0.05) is 6.07 Å². The number of aliphatic imine (C=N–C) groups is 1. The number of amidine groups is 1. The Bertz CT molecular complexity index is 508. The topological polar surface area (TPSA) is 68.4 Å². The number of phenols is 1. The van der Waals surface area contributed by atoms with E-state index in [4.69, 9.17) is 5.26 Å². The van der Waals surface area contributed by atoms with E-state index in [1.54, 1.807) is 12.4 Å².